The first-order valence-electron chi connectivity index (χ1n) is 7.57. The Kier molecular flexibility index (Phi) is 4.36. The molecule has 2 aromatic heterocycles. The molecule has 3 heterocycles. The van der Waals surface area contributed by atoms with Gasteiger partial charge in [-0.2, -0.15) is 4.98 Å². The molecule has 21 heavy (non-hydrogen) atoms. The second kappa shape index (κ2) is 6.41. The first-order valence-corrected chi connectivity index (χ1v) is 7.57. The smallest absolute Gasteiger partial charge is 0.245 e. The molecule has 0 aromatic carbocycles. The van der Waals surface area contributed by atoms with E-state index in [0.29, 0.717) is 12.6 Å². The van der Waals surface area contributed by atoms with E-state index in [1.165, 1.54) is 12.8 Å². The molecular weight excluding hydrogens is 266 g/mol. The zero-order chi connectivity index (χ0) is 14.7. The summed E-state index contributed by atoms with van der Waals surface area (Å²) in [5.41, 5.74) is 2.07. The third kappa shape index (κ3) is 3.16. The number of hydrogen-bond acceptors (Lipinski definition) is 5. The summed E-state index contributed by atoms with van der Waals surface area (Å²) in [7, 11) is 1.73. The normalized spacial score (nSPS) is 18.5. The molecule has 114 valence electrons. The van der Waals surface area contributed by atoms with Crippen LogP contribution in [0.1, 0.15) is 18.4 Å². The van der Waals surface area contributed by atoms with E-state index >= 15 is 0 Å². The SMILES string of the molecule is COCCN(CC1CCCN1)c1nc2c(C)cccn2n1. The maximum Gasteiger partial charge on any atom is 0.245 e. The van der Waals surface area contributed by atoms with Crippen LogP contribution in [0.4, 0.5) is 5.95 Å². The Balaban J connectivity index is 1.83. The van der Waals surface area contributed by atoms with E-state index in [-0.39, 0.29) is 0 Å². The fourth-order valence-electron chi connectivity index (χ4n) is 2.82. The summed E-state index contributed by atoms with van der Waals surface area (Å²) in [4.78, 5) is 6.92. The van der Waals surface area contributed by atoms with Gasteiger partial charge in [0.2, 0.25) is 5.95 Å². The molecule has 0 spiro atoms. The molecule has 1 N–H and O–H groups in total. The van der Waals surface area contributed by atoms with Crippen molar-refractivity contribution in [2.75, 3.05) is 38.3 Å². The number of ether oxygens (including phenoxy) is 1. The van der Waals surface area contributed by atoms with E-state index in [4.69, 9.17) is 9.72 Å². The molecule has 1 unspecified atom stereocenters. The summed E-state index contributed by atoms with van der Waals surface area (Å²) in [6, 6.07) is 4.58. The summed E-state index contributed by atoms with van der Waals surface area (Å²) in [6.45, 7) is 5.59. The molecule has 6 heteroatoms. The number of aryl methyl sites for hydroxylation is 1. The Morgan fingerprint density at radius 1 is 1.52 bits per heavy atom. The quantitative estimate of drug-likeness (QED) is 0.867. The number of fused-ring (bicyclic) bond motifs is 1. The number of methoxy groups -OCH3 is 1. The fraction of sp³-hybridized carbons (Fsp3) is 0.600. The molecule has 1 aliphatic heterocycles. The summed E-state index contributed by atoms with van der Waals surface area (Å²) in [6.07, 6.45) is 4.41. The zero-order valence-corrected chi connectivity index (χ0v) is 12.7. The van der Waals surface area contributed by atoms with Gasteiger partial charge in [-0.05, 0) is 37.9 Å². The van der Waals surface area contributed by atoms with Crippen molar-refractivity contribution < 1.29 is 4.74 Å². The molecular formula is C15H23N5O. The number of rotatable bonds is 6. The van der Waals surface area contributed by atoms with Crippen LogP contribution in [0.15, 0.2) is 18.3 Å². The van der Waals surface area contributed by atoms with Crippen LogP contribution in [0.2, 0.25) is 0 Å². The monoisotopic (exact) mass is 289 g/mol. The molecule has 2 aromatic rings. The lowest BCUT2D eigenvalue weighted by Gasteiger charge is -2.24. The second-order valence-corrected chi connectivity index (χ2v) is 5.60. The Bertz CT molecular complexity index is 591. The number of hydrogen-bond donors (Lipinski definition) is 1. The van der Waals surface area contributed by atoms with E-state index in [1.54, 1.807) is 7.11 Å². The average molecular weight is 289 g/mol. The topological polar surface area (TPSA) is 54.7 Å². The first kappa shape index (κ1) is 14.3. The second-order valence-electron chi connectivity index (χ2n) is 5.60. The van der Waals surface area contributed by atoms with Gasteiger partial charge in [0.05, 0.1) is 6.61 Å². The molecule has 0 radical (unpaired) electrons. The summed E-state index contributed by atoms with van der Waals surface area (Å²) >= 11 is 0. The molecule has 1 saturated heterocycles. The first-order chi connectivity index (χ1) is 10.3. The molecule has 0 aliphatic carbocycles. The van der Waals surface area contributed by atoms with Crippen molar-refractivity contribution in [2.24, 2.45) is 0 Å². The third-order valence-electron chi connectivity index (χ3n) is 4.00. The van der Waals surface area contributed by atoms with E-state index in [0.717, 1.165) is 36.8 Å². The van der Waals surface area contributed by atoms with Gasteiger partial charge in [0.25, 0.3) is 0 Å². The zero-order valence-electron chi connectivity index (χ0n) is 12.7. The number of anilines is 1. The van der Waals surface area contributed by atoms with Crippen LogP contribution < -0.4 is 10.2 Å². The predicted octanol–water partition coefficient (Wildman–Crippen LogP) is 1.24. The fourth-order valence-corrected chi connectivity index (χ4v) is 2.82. The third-order valence-corrected chi connectivity index (χ3v) is 4.00. The van der Waals surface area contributed by atoms with Gasteiger partial charge >= 0.3 is 0 Å². The van der Waals surface area contributed by atoms with Crippen molar-refractivity contribution >= 4 is 11.6 Å². The Hall–Kier alpha value is -1.66. The lowest BCUT2D eigenvalue weighted by molar-refractivity contribution is 0.204. The number of nitrogens with one attached hydrogen (secondary N) is 1. The highest BCUT2D eigenvalue weighted by molar-refractivity contribution is 5.50. The molecule has 3 rings (SSSR count). The maximum absolute atomic E-state index is 5.23. The van der Waals surface area contributed by atoms with Gasteiger partial charge in [-0.3, -0.25) is 0 Å². The lowest BCUT2D eigenvalue weighted by atomic mass is 10.2. The number of pyridine rings is 1. The van der Waals surface area contributed by atoms with Gasteiger partial charge in [-0.25, -0.2) is 4.52 Å². The largest absolute Gasteiger partial charge is 0.383 e. The van der Waals surface area contributed by atoms with E-state index < -0.39 is 0 Å². The Morgan fingerprint density at radius 3 is 3.14 bits per heavy atom. The van der Waals surface area contributed by atoms with Gasteiger partial charge in [0, 0.05) is 32.4 Å². The van der Waals surface area contributed by atoms with Crippen LogP contribution >= 0.6 is 0 Å². The van der Waals surface area contributed by atoms with E-state index in [2.05, 4.69) is 28.3 Å². The van der Waals surface area contributed by atoms with Crippen molar-refractivity contribution in [3.8, 4) is 0 Å². The minimum absolute atomic E-state index is 0.523. The van der Waals surface area contributed by atoms with E-state index in [1.807, 2.05) is 16.8 Å². The maximum atomic E-state index is 5.23. The average Bonchev–Trinajstić information content (AvgIpc) is 3.13. The van der Waals surface area contributed by atoms with Gasteiger partial charge in [0.15, 0.2) is 5.65 Å². The minimum Gasteiger partial charge on any atom is -0.383 e. The van der Waals surface area contributed by atoms with Crippen molar-refractivity contribution in [2.45, 2.75) is 25.8 Å². The van der Waals surface area contributed by atoms with Crippen LogP contribution in [0.3, 0.4) is 0 Å². The highest BCUT2D eigenvalue weighted by Crippen LogP contribution is 2.16. The van der Waals surface area contributed by atoms with Crippen LogP contribution in [0.5, 0.6) is 0 Å². The van der Waals surface area contributed by atoms with Gasteiger partial charge in [-0.15, -0.1) is 5.10 Å². The lowest BCUT2D eigenvalue weighted by Crippen LogP contribution is -2.39. The van der Waals surface area contributed by atoms with Crippen LogP contribution in [-0.2, 0) is 4.74 Å². The molecule has 0 amide bonds. The van der Waals surface area contributed by atoms with E-state index in [9.17, 15) is 0 Å². The Labute approximate surface area is 125 Å². The van der Waals surface area contributed by atoms with Gasteiger partial charge in [-0.1, -0.05) is 6.07 Å². The highest BCUT2D eigenvalue weighted by atomic mass is 16.5. The van der Waals surface area contributed by atoms with Gasteiger partial charge in [0.1, 0.15) is 0 Å². The molecule has 6 nitrogen and oxygen atoms in total. The van der Waals surface area contributed by atoms with Crippen molar-refractivity contribution in [1.82, 2.24) is 19.9 Å². The van der Waals surface area contributed by atoms with Crippen molar-refractivity contribution in [3.63, 3.8) is 0 Å². The predicted molar refractivity (Wildman–Crippen MR) is 82.8 cm³/mol. The molecule has 1 atom stereocenters. The summed E-state index contributed by atoms with van der Waals surface area (Å²) < 4.78 is 7.09. The van der Waals surface area contributed by atoms with Crippen molar-refractivity contribution in [3.05, 3.63) is 23.9 Å². The Morgan fingerprint density at radius 2 is 2.43 bits per heavy atom. The molecule has 0 bridgehead atoms. The number of nitrogens with zero attached hydrogens (tertiary/aromatic N) is 4. The standard InChI is InChI=1S/C15H23N5O/c1-12-5-4-8-20-14(12)17-15(18-20)19(9-10-21-2)11-13-6-3-7-16-13/h4-5,8,13,16H,3,6-7,9-11H2,1-2H3. The molecule has 1 fully saturated rings. The van der Waals surface area contributed by atoms with Crippen LogP contribution in [0, 0.1) is 6.92 Å². The van der Waals surface area contributed by atoms with Crippen LogP contribution in [-0.4, -0.2) is 54.0 Å². The molecule has 0 saturated carbocycles. The molecule has 1 aliphatic rings. The van der Waals surface area contributed by atoms with Crippen LogP contribution in [0.25, 0.3) is 5.65 Å². The number of aromatic nitrogens is 3. The summed E-state index contributed by atoms with van der Waals surface area (Å²) in [5.74, 6) is 0.787. The summed E-state index contributed by atoms with van der Waals surface area (Å²) in [5, 5.41) is 8.15. The van der Waals surface area contributed by atoms with Gasteiger partial charge < -0.3 is 15.0 Å². The van der Waals surface area contributed by atoms with Crippen molar-refractivity contribution in [1.29, 1.82) is 0 Å². The highest BCUT2D eigenvalue weighted by Gasteiger charge is 2.20. The minimum atomic E-state index is 0.523.